The van der Waals surface area contributed by atoms with Gasteiger partial charge < -0.3 is 9.52 Å². The third-order valence-corrected chi connectivity index (χ3v) is 2.29. The molecule has 6 nitrogen and oxygen atoms in total. The van der Waals surface area contributed by atoms with Crippen LogP contribution in [0.1, 0.15) is 26.0 Å². The molecule has 2 heterocycles. The van der Waals surface area contributed by atoms with Crippen LogP contribution >= 0.6 is 11.5 Å². The Balaban J connectivity index is 2.31. The van der Waals surface area contributed by atoms with Crippen LogP contribution in [0.15, 0.2) is 22.7 Å². The lowest BCUT2D eigenvalue weighted by atomic mass is 10.3. The van der Waals surface area contributed by atoms with Crippen LogP contribution in [0, 0.1) is 0 Å². The Morgan fingerprint density at radius 1 is 1.33 bits per heavy atom. The summed E-state index contributed by atoms with van der Waals surface area (Å²) in [6, 6.07) is 2.54. The minimum atomic E-state index is -1.21. The van der Waals surface area contributed by atoms with Crippen molar-refractivity contribution in [2.45, 2.75) is 0 Å². The highest BCUT2D eigenvalue weighted by molar-refractivity contribution is 7.08. The lowest BCUT2D eigenvalue weighted by Gasteiger charge is -1.89. The van der Waals surface area contributed by atoms with E-state index < -0.39 is 11.8 Å². The average molecular weight is 224 g/mol. The first-order chi connectivity index (χ1) is 7.18. The first kappa shape index (κ1) is 9.53. The Labute approximate surface area is 87.3 Å². The molecule has 0 aliphatic carbocycles. The smallest absolute Gasteiger partial charge is 0.371 e. The van der Waals surface area contributed by atoms with Crippen molar-refractivity contribution in [2.24, 2.45) is 0 Å². The van der Waals surface area contributed by atoms with Gasteiger partial charge in [0.1, 0.15) is 4.88 Å². The summed E-state index contributed by atoms with van der Waals surface area (Å²) in [6.07, 6.45) is 1.30. The zero-order valence-electron chi connectivity index (χ0n) is 7.21. The Kier molecular flexibility index (Phi) is 2.30. The van der Waals surface area contributed by atoms with Crippen LogP contribution in [-0.2, 0) is 0 Å². The molecule has 0 unspecified atom stereocenters. The molecule has 0 aliphatic rings. The Morgan fingerprint density at radius 3 is 2.60 bits per heavy atom. The van der Waals surface area contributed by atoms with Gasteiger partial charge in [0.25, 0.3) is 0 Å². The maximum atomic E-state index is 11.6. The number of aromatic carboxylic acids is 1. The standard InChI is InChI=1S/C8H4N2O4S/c11-7(6-3-9-10-15-6)4-1-2-5(14-4)8(12)13/h1-3H,(H,12,13). The number of carboxylic acid groups (broad SMARTS) is 1. The highest BCUT2D eigenvalue weighted by Crippen LogP contribution is 2.14. The van der Waals surface area contributed by atoms with Crippen LogP contribution in [0.4, 0.5) is 0 Å². The van der Waals surface area contributed by atoms with Gasteiger partial charge in [-0.25, -0.2) is 4.79 Å². The van der Waals surface area contributed by atoms with Gasteiger partial charge in [0, 0.05) is 0 Å². The summed E-state index contributed by atoms with van der Waals surface area (Å²) in [5.41, 5.74) is 0. The topological polar surface area (TPSA) is 93.3 Å². The van der Waals surface area contributed by atoms with Crippen molar-refractivity contribution in [1.29, 1.82) is 0 Å². The summed E-state index contributed by atoms with van der Waals surface area (Å²) in [4.78, 5) is 22.4. The van der Waals surface area contributed by atoms with E-state index >= 15 is 0 Å². The Bertz CT molecular complexity index is 502. The van der Waals surface area contributed by atoms with Crippen molar-refractivity contribution in [1.82, 2.24) is 9.59 Å². The van der Waals surface area contributed by atoms with Gasteiger partial charge in [0.05, 0.1) is 6.20 Å². The maximum absolute atomic E-state index is 11.6. The highest BCUT2D eigenvalue weighted by atomic mass is 32.1. The van der Waals surface area contributed by atoms with Crippen LogP contribution in [-0.4, -0.2) is 26.4 Å². The molecular formula is C8H4N2O4S. The lowest BCUT2D eigenvalue weighted by molar-refractivity contribution is 0.0660. The molecule has 76 valence electrons. The van der Waals surface area contributed by atoms with Crippen LogP contribution in [0.3, 0.4) is 0 Å². The summed E-state index contributed by atoms with van der Waals surface area (Å²) in [6.45, 7) is 0. The summed E-state index contributed by atoms with van der Waals surface area (Å²) >= 11 is 0.925. The van der Waals surface area contributed by atoms with Crippen molar-refractivity contribution in [2.75, 3.05) is 0 Å². The molecule has 0 atom stereocenters. The molecular weight excluding hydrogens is 220 g/mol. The summed E-state index contributed by atoms with van der Waals surface area (Å²) in [5.74, 6) is -1.93. The monoisotopic (exact) mass is 224 g/mol. The van der Waals surface area contributed by atoms with Crippen LogP contribution in [0.2, 0.25) is 0 Å². The largest absolute Gasteiger partial charge is 0.475 e. The van der Waals surface area contributed by atoms with E-state index in [0.717, 1.165) is 11.5 Å². The Hall–Kier alpha value is -2.02. The number of hydrogen-bond donors (Lipinski definition) is 1. The van der Waals surface area contributed by atoms with Crippen LogP contribution in [0.5, 0.6) is 0 Å². The van der Waals surface area contributed by atoms with Crippen molar-refractivity contribution in [3.8, 4) is 0 Å². The molecule has 0 saturated heterocycles. The van der Waals surface area contributed by atoms with Gasteiger partial charge in [-0.3, -0.25) is 4.79 Å². The molecule has 0 radical (unpaired) electrons. The van der Waals surface area contributed by atoms with Gasteiger partial charge in [0.2, 0.25) is 11.5 Å². The molecule has 0 bridgehead atoms. The zero-order chi connectivity index (χ0) is 10.8. The van der Waals surface area contributed by atoms with E-state index in [1.165, 1.54) is 18.3 Å². The predicted octanol–water partition coefficient (Wildman–Crippen LogP) is 1.06. The zero-order valence-corrected chi connectivity index (χ0v) is 8.02. The third kappa shape index (κ3) is 1.77. The fraction of sp³-hybridized carbons (Fsp3) is 0. The number of hydrogen-bond acceptors (Lipinski definition) is 6. The van der Waals surface area contributed by atoms with Gasteiger partial charge in [0.15, 0.2) is 5.76 Å². The molecule has 0 aliphatic heterocycles. The summed E-state index contributed by atoms with van der Waals surface area (Å²) < 4.78 is 8.36. The first-order valence-electron chi connectivity index (χ1n) is 3.83. The van der Waals surface area contributed by atoms with E-state index in [4.69, 9.17) is 9.52 Å². The molecule has 0 saturated carbocycles. The number of nitrogens with zero attached hydrogens (tertiary/aromatic N) is 2. The molecule has 15 heavy (non-hydrogen) atoms. The molecule has 7 heteroatoms. The summed E-state index contributed by atoms with van der Waals surface area (Å²) in [7, 11) is 0. The van der Waals surface area contributed by atoms with E-state index in [9.17, 15) is 9.59 Å². The SMILES string of the molecule is O=C(O)c1ccc(C(=O)c2cnns2)o1. The predicted molar refractivity (Wildman–Crippen MR) is 49.0 cm³/mol. The second kappa shape index (κ2) is 3.62. The quantitative estimate of drug-likeness (QED) is 0.783. The van der Waals surface area contributed by atoms with Gasteiger partial charge in [-0.1, -0.05) is 4.49 Å². The first-order valence-corrected chi connectivity index (χ1v) is 4.61. The van der Waals surface area contributed by atoms with Crippen LogP contribution in [0.25, 0.3) is 0 Å². The maximum Gasteiger partial charge on any atom is 0.371 e. The van der Waals surface area contributed by atoms with Gasteiger partial charge >= 0.3 is 5.97 Å². The molecule has 2 aromatic rings. The number of carbonyl (C=O) groups is 2. The van der Waals surface area contributed by atoms with Gasteiger partial charge in [-0.2, -0.15) is 0 Å². The third-order valence-electron chi connectivity index (χ3n) is 1.63. The van der Waals surface area contributed by atoms with E-state index in [2.05, 4.69) is 9.59 Å². The second-order valence-electron chi connectivity index (χ2n) is 2.58. The number of carbonyl (C=O) groups excluding carboxylic acids is 1. The van der Waals surface area contributed by atoms with E-state index in [1.54, 1.807) is 0 Å². The fourth-order valence-corrected chi connectivity index (χ4v) is 1.42. The fourth-order valence-electron chi connectivity index (χ4n) is 0.963. The minimum absolute atomic E-state index is 0.0292. The molecule has 2 aromatic heterocycles. The molecule has 0 aromatic carbocycles. The van der Waals surface area contributed by atoms with Crippen molar-refractivity contribution in [3.63, 3.8) is 0 Å². The molecule has 0 spiro atoms. The molecule has 1 N–H and O–H groups in total. The average Bonchev–Trinajstić information content (AvgIpc) is 2.88. The van der Waals surface area contributed by atoms with E-state index in [0.29, 0.717) is 4.88 Å². The number of aromatic nitrogens is 2. The summed E-state index contributed by atoms with van der Waals surface area (Å²) in [5, 5.41) is 12.1. The molecule has 2 rings (SSSR count). The van der Waals surface area contributed by atoms with Gasteiger partial charge in [-0.15, -0.1) is 5.10 Å². The number of rotatable bonds is 3. The second-order valence-corrected chi connectivity index (χ2v) is 3.37. The normalized spacial score (nSPS) is 10.1. The van der Waals surface area contributed by atoms with Crippen molar-refractivity contribution in [3.05, 3.63) is 34.7 Å². The number of carboxylic acids is 1. The van der Waals surface area contributed by atoms with Crippen molar-refractivity contribution < 1.29 is 19.1 Å². The molecule has 0 amide bonds. The van der Waals surface area contributed by atoms with E-state index in [-0.39, 0.29) is 11.5 Å². The van der Waals surface area contributed by atoms with E-state index in [1.807, 2.05) is 0 Å². The van der Waals surface area contributed by atoms with Gasteiger partial charge in [-0.05, 0) is 23.7 Å². The Morgan fingerprint density at radius 2 is 2.07 bits per heavy atom. The number of ketones is 1. The van der Waals surface area contributed by atoms with Crippen LogP contribution < -0.4 is 0 Å². The number of furan rings is 1. The minimum Gasteiger partial charge on any atom is -0.475 e. The molecule has 0 fully saturated rings. The van der Waals surface area contributed by atoms with Crippen molar-refractivity contribution >= 4 is 23.3 Å². The lowest BCUT2D eigenvalue weighted by Crippen LogP contribution is -1.97. The highest BCUT2D eigenvalue weighted by Gasteiger charge is 2.17.